The van der Waals surface area contributed by atoms with E-state index in [2.05, 4.69) is 0 Å². The predicted octanol–water partition coefficient (Wildman–Crippen LogP) is 1.25. The summed E-state index contributed by atoms with van der Waals surface area (Å²) in [6.45, 7) is 2.01. The van der Waals surface area contributed by atoms with Gasteiger partial charge in [-0.25, -0.2) is 0 Å². The third-order valence-electron chi connectivity index (χ3n) is 2.34. The van der Waals surface area contributed by atoms with Crippen LogP contribution in [0.15, 0.2) is 18.2 Å². The first-order valence-electron chi connectivity index (χ1n) is 4.76. The lowest BCUT2D eigenvalue weighted by atomic mass is 9.98. The fourth-order valence-corrected chi connectivity index (χ4v) is 1.60. The Morgan fingerprint density at radius 1 is 1.50 bits per heavy atom. The van der Waals surface area contributed by atoms with Gasteiger partial charge in [-0.05, 0) is 23.6 Å². The minimum Gasteiger partial charge on any atom is -0.496 e. The lowest BCUT2D eigenvalue weighted by Crippen LogP contribution is -2.16. The average Bonchev–Trinajstić information content (AvgIpc) is 2.26. The fourth-order valence-electron chi connectivity index (χ4n) is 1.60. The first kappa shape index (κ1) is 11.0. The minimum atomic E-state index is -0.319. The molecular formula is C11H17NO2. The molecule has 1 rings (SSSR count). The Hall–Kier alpha value is -1.06. The van der Waals surface area contributed by atoms with Crippen molar-refractivity contribution in [1.82, 2.24) is 0 Å². The van der Waals surface area contributed by atoms with Crippen molar-refractivity contribution in [3.63, 3.8) is 0 Å². The molecule has 0 fully saturated rings. The number of ether oxygens (including phenoxy) is 1. The fraction of sp³-hybridized carbons (Fsp3) is 0.455. The molecule has 1 aromatic rings. The lowest BCUT2D eigenvalue weighted by Gasteiger charge is -2.16. The third-order valence-corrected chi connectivity index (χ3v) is 2.34. The van der Waals surface area contributed by atoms with Crippen molar-refractivity contribution in [3.8, 4) is 5.75 Å². The van der Waals surface area contributed by atoms with E-state index in [1.165, 1.54) is 0 Å². The molecule has 1 atom stereocenters. The molecule has 0 aliphatic heterocycles. The summed E-state index contributed by atoms with van der Waals surface area (Å²) in [6, 6.07) is 5.41. The van der Waals surface area contributed by atoms with Gasteiger partial charge < -0.3 is 15.6 Å². The summed E-state index contributed by atoms with van der Waals surface area (Å²) in [7, 11) is 1.64. The Bertz CT molecular complexity index is 299. The van der Waals surface area contributed by atoms with E-state index in [1.54, 1.807) is 7.11 Å². The molecule has 3 N–H and O–H groups in total. The van der Waals surface area contributed by atoms with Gasteiger partial charge in [-0.1, -0.05) is 19.1 Å². The van der Waals surface area contributed by atoms with Gasteiger partial charge in [0.05, 0.1) is 19.8 Å². The normalized spacial score (nSPS) is 12.6. The molecule has 3 heteroatoms. The van der Waals surface area contributed by atoms with Crippen LogP contribution in [0.2, 0.25) is 0 Å². The molecule has 0 spiro atoms. The summed E-state index contributed by atoms with van der Waals surface area (Å²) in [6.07, 6.45) is 0.854. The minimum absolute atomic E-state index is 0.0415. The number of benzene rings is 1. The van der Waals surface area contributed by atoms with Crippen molar-refractivity contribution < 1.29 is 9.84 Å². The van der Waals surface area contributed by atoms with Gasteiger partial charge in [0, 0.05) is 0 Å². The Balaban J connectivity index is 3.14. The topological polar surface area (TPSA) is 55.5 Å². The summed E-state index contributed by atoms with van der Waals surface area (Å²) in [5.74, 6) is 0.842. The molecular weight excluding hydrogens is 178 g/mol. The number of aliphatic hydroxyl groups excluding tert-OH is 1. The smallest absolute Gasteiger partial charge is 0.122 e. The second-order valence-corrected chi connectivity index (χ2v) is 3.17. The van der Waals surface area contributed by atoms with Crippen LogP contribution in [-0.2, 0) is 6.42 Å². The first-order valence-corrected chi connectivity index (χ1v) is 4.76. The Morgan fingerprint density at radius 3 is 2.71 bits per heavy atom. The van der Waals surface area contributed by atoms with Gasteiger partial charge in [0.1, 0.15) is 5.75 Å². The van der Waals surface area contributed by atoms with Crippen molar-refractivity contribution in [3.05, 3.63) is 29.3 Å². The quantitative estimate of drug-likeness (QED) is 0.760. The molecule has 0 aliphatic rings. The maximum atomic E-state index is 9.01. The van der Waals surface area contributed by atoms with Crippen LogP contribution >= 0.6 is 0 Å². The summed E-state index contributed by atoms with van der Waals surface area (Å²) >= 11 is 0. The van der Waals surface area contributed by atoms with Gasteiger partial charge in [0.15, 0.2) is 0 Å². The molecule has 0 saturated heterocycles. The van der Waals surface area contributed by atoms with Crippen LogP contribution in [-0.4, -0.2) is 18.8 Å². The third kappa shape index (κ3) is 2.05. The van der Waals surface area contributed by atoms with Gasteiger partial charge in [-0.2, -0.15) is 0 Å². The Kier molecular flexibility index (Phi) is 3.92. The zero-order valence-electron chi connectivity index (χ0n) is 8.66. The van der Waals surface area contributed by atoms with Crippen LogP contribution in [0.4, 0.5) is 0 Å². The summed E-state index contributed by atoms with van der Waals surface area (Å²) in [5, 5.41) is 9.01. The van der Waals surface area contributed by atoms with Crippen LogP contribution in [0.1, 0.15) is 24.1 Å². The summed E-state index contributed by atoms with van der Waals surface area (Å²) < 4.78 is 5.23. The van der Waals surface area contributed by atoms with E-state index in [0.717, 1.165) is 23.3 Å². The molecule has 0 unspecified atom stereocenters. The molecule has 0 heterocycles. The van der Waals surface area contributed by atoms with Crippen molar-refractivity contribution in [2.24, 2.45) is 5.73 Å². The maximum absolute atomic E-state index is 9.01. The van der Waals surface area contributed by atoms with Gasteiger partial charge >= 0.3 is 0 Å². The lowest BCUT2D eigenvalue weighted by molar-refractivity contribution is 0.267. The van der Waals surface area contributed by atoms with E-state index >= 15 is 0 Å². The van der Waals surface area contributed by atoms with Crippen molar-refractivity contribution in [2.75, 3.05) is 13.7 Å². The highest BCUT2D eigenvalue weighted by molar-refractivity contribution is 5.41. The van der Waals surface area contributed by atoms with Crippen LogP contribution in [0.3, 0.4) is 0 Å². The van der Waals surface area contributed by atoms with Gasteiger partial charge in [0.25, 0.3) is 0 Å². The second-order valence-electron chi connectivity index (χ2n) is 3.17. The summed E-state index contributed by atoms with van der Waals surface area (Å²) in [4.78, 5) is 0. The first-order chi connectivity index (χ1) is 6.74. The summed E-state index contributed by atoms with van der Waals surface area (Å²) in [5.41, 5.74) is 7.84. The van der Waals surface area contributed by atoms with E-state index in [9.17, 15) is 0 Å². The van der Waals surface area contributed by atoms with E-state index in [4.69, 9.17) is 15.6 Å². The molecule has 78 valence electrons. The number of aliphatic hydroxyl groups is 1. The highest BCUT2D eigenvalue weighted by atomic mass is 16.5. The largest absolute Gasteiger partial charge is 0.496 e. The van der Waals surface area contributed by atoms with Crippen molar-refractivity contribution in [1.29, 1.82) is 0 Å². The van der Waals surface area contributed by atoms with E-state index in [0.29, 0.717) is 0 Å². The van der Waals surface area contributed by atoms with Crippen molar-refractivity contribution in [2.45, 2.75) is 19.4 Å². The van der Waals surface area contributed by atoms with Gasteiger partial charge in [-0.3, -0.25) is 0 Å². The Morgan fingerprint density at radius 2 is 2.21 bits per heavy atom. The molecule has 0 aliphatic carbocycles. The molecule has 1 aromatic carbocycles. The number of hydrogen-bond acceptors (Lipinski definition) is 3. The van der Waals surface area contributed by atoms with Crippen LogP contribution in [0.5, 0.6) is 5.75 Å². The molecule has 0 aromatic heterocycles. The van der Waals surface area contributed by atoms with E-state index in [1.807, 2.05) is 25.1 Å². The highest BCUT2D eigenvalue weighted by Crippen LogP contribution is 2.26. The number of nitrogens with two attached hydrogens (primary N) is 1. The van der Waals surface area contributed by atoms with Crippen LogP contribution < -0.4 is 10.5 Å². The average molecular weight is 195 g/mol. The second kappa shape index (κ2) is 4.98. The van der Waals surface area contributed by atoms with E-state index < -0.39 is 0 Å². The molecule has 3 nitrogen and oxygen atoms in total. The van der Waals surface area contributed by atoms with Crippen LogP contribution in [0.25, 0.3) is 0 Å². The monoisotopic (exact) mass is 195 g/mol. The highest BCUT2D eigenvalue weighted by Gasteiger charge is 2.12. The standard InChI is InChI=1S/C11H17NO2/c1-3-8-9(10(12)7-13)5-4-6-11(8)14-2/h4-6,10,13H,3,7,12H2,1-2H3/t10-/m1/s1. The van der Waals surface area contributed by atoms with E-state index in [-0.39, 0.29) is 12.6 Å². The zero-order chi connectivity index (χ0) is 10.6. The predicted molar refractivity (Wildman–Crippen MR) is 56.4 cm³/mol. The number of hydrogen-bond donors (Lipinski definition) is 2. The molecule has 0 saturated carbocycles. The molecule has 0 bridgehead atoms. The van der Waals surface area contributed by atoms with Crippen LogP contribution in [0, 0.1) is 0 Å². The molecule has 14 heavy (non-hydrogen) atoms. The zero-order valence-corrected chi connectivity index (χ0v) is 8.66. The van der Waals surface area contributed by atoms with Gasteiger partial charge in [-0.15, -0.1) is 0 Å². The van der Waals surface area contributed by atoms with Gasteiger partial charge in [0.2, 0.25) is 0 Å². The molecule has 0 amide bonds. The maximum Gasteiger partial charge on any atom is 0.122 e. The molecule has 0 radical (unpaired) electrons. The number of rotatable bonds is 4. The number of methoxy groups -OCH3 is 1. The van der Waals surface area contributed by atoms with Crippen molar-refractivity contribution >= 4 is 0 Å². The SMILES string of the molecule is CCc1c(OC)cccc1[C@H](N)CO. The Labute approximate surface area is 84.5 Å².